The number of amides is 1. The predicted molar refractivity (Wildman–Crippen MR) is 84.3 cm³/mol. The highest BCUT2D eigenvalue weighted by atomic mass is 35.5. The third-order valence-electron chi connectivity index (χ3n) is 3.25. The maximum atomic E-state index is 11.1. The molecule has 3 N–H and O–H groups in total. The minimum absolute atomic E-state index is 0.239. The number of nitrogens with two attached hydrogens (primary N) is 1. The van der Waals surface area contributed by atoms with Crippen molar-refractivity contribution in [2.45, 2.75) is 26.4 Å². The minimum atomic E-state index is -0.394. The summed E-state index contributed by atoms with van der Waals surface area (Å²) in [6, 6.07) is 9.71. The number of thiophene rings is 1. The average molecular weight is 309 g/mol. The molecule has 1 atom stereocenters. The Balaban J connectivity index is 2.02. The van der Waals surface area contributed by atoms with Crippen LogP contribution in [0.5, 0.6) is 0 Å². The van der Waals surface area contributed by atoms with E-state index in [1.807, 2.05) is 31.2 Å². The first-order valence-electron chi connectivity index (χ1n) is 6.35. The average Bonchev–Trinajstić information content (AvgIpc) is 2.83. The summed E-state index contributed by atoms with van der Waals surface area (Å²) in [7, 11) is 0. The Bertz CT molecular complexity index is 624. The van der Waals surface area contributed by atoms with Crippen molar-refractivity contribution in [3.63, 3.8) is 0 Å². The van der Waals surface area contributed by atoms with E-state index in [4.69, 9.17) is 17.3 Å². The van der Waals surface area contributed by atoms with Crippen LogP contribution < -0.4 is 11.1 Å². The van der Waals surface area contributed by atoms with E-state index < -0.39 is 5.91 Å². The molecular weight excluding hydrogens is 292 g/mol. The normalized spacial score (nSPS) is 12.3. The molecule has 20 heavy (non-hydrogen) atoms. The molecule has 1 amide bonds. The predicted octanol–water partition coefficient (Wildman–Crippen LogP) is 3.66. The van der Waals surface area contributed by atoms with Gasteiger partial charge in [-0.3, -0.25) is 4.79 Å². The largest absolute Gasteiger partial charge is 0.366 e. The number of primary amides is 1. The molecule has 0 aliphatic rings. The van der Waals surface area contributed by atoms with Gasteiger partial charge in [-0.15, -0.1) is 11.3 Å². The SMILES string of the molecule is Cc1cc(C(N)=O)ccc1CNC(C)c1ccc(Cl)s1. The molecule has 1 aromatic heterocycles. The summed E-state index contributed by atoms with van der Waals surface area (Å²) >= 11 is 7.52. The first-order valence-corrected chi connectivity index (χ1v) is 7.55. The molecule has 0 bridgehead atoms. The molecule has 0 aliphatic carbocycles. The Morgan fingerprint density at radius 2 is 2.15 bits per heavy atom. The standard InChI is InChI=1S/C15H17ClN2OS/c1-9-7-11(15(17)19)3-4-12(9)8-18-10(2)13-5-6-14(16)20-13/h3-7,10,18H,8H2,1-2H3,(H2,17,19). The van der Waals surface area contributed by atoms with Gasteiger partial charge in [0, 0.05) is 23.0 Å². The van der Waals surface area contributed by atoms with E-state index in [0.29, 0.717) is 5.56 Å². The van der Waals surface area contributed by atoms with Gasteiger partial charge in [0.05, 0.1) is 4.34 Å². The van der Waals surface area contributed by atoms with Crippen LogP contribution in [0.25, 0.3) is 0 Å². The van der Waals surface area contributed by atoms with E-state index in [2.05, 4.69) is 12.2 Å². The summed E-state index contributed by atoms with van der Waals surface area (Å²) in [6.45, 7) is 4.83. The molecule has 0 spiro atoms. The molecule has 2 aromatic rings. The molecule has 3 nitrogen and oxygen atoms in total. The van der Waals surface area contributed by atoms with Gasteiger partial charge in [-0.1, -0.05) is 17.7 Å². The Kier molecular flexibility index (Phi) is 4.81. The maximum absolute atomic E-state index is 11.1. The molecule has 106 valence electrons. The van der Waals surface area contributed by atoms with E-state index in [9.17, 15) is 4.79 Å². The van der Waals surface area contributed by atoms with Crippen LogP contribution in [-0.2, 0) is 6.54 Å². The number of hydrogen-bond donors (Lipinski definition) is 2. The summed E-state index contributed by atoms with van der Waals surface area (Å²) in [5.41, 5.74) is 8.03. The first kappa shape index (κ1) is 15.0. The first-order chi connectivity index (χ1) is 9.47. The van der Waals surface area contributed by atoms with Gasteiger partial charge in [0.15, 0.2) is 0 Å². The van der Waals surface area contributed by atoms with Crippen molar-refractivity contribution in [1.82, 2.24) is 5.32 Å². The molecule has 2 rings (SSSR count). The van der Waals surface area contributed by atoms with Crippen molar-refractivity contribution in [3.05, 3.63) is 56.2 Å². The molecular formula is C15H17ClN2OS. The van der Waals surface area contributed by atoms with Gasteiger partial charge in [-0.2, -0.15) is 0 Å². The lowest BCUT2D eigenvalue weighted by Crippen LogP contribution is -2.18. The number of benzene rings is 1. The van der Waals surface area contributed by atoms with Crippen LogP contribution in [0.3, 0.4) is 0 Å². The summed E-state index contributed by atoms with van der Waals surface area (Å²) in [5.74, 6) is -0.394. The number of halogens is 1. The van der Waals surface area contributed by atoms with Crippen LogP contribution in [0.4, 0.5) is 0 Å². The van der Waals surface area contributed by atoms with Crippen molar-refractivity contribution in [3.8, 4) is 0 Å². The van der Waals surface area contributed by atoms with E-state index in [1.165, 1.54) is 4.88 Å². The zero-order valence-corrected chi connectivity index (χ0v) is 13.0. The zero-order valence-electron chi connectivity index (χ0n) is 11.4. The molecule has 5 heteroatoms. The van der Waals surface area contributed by atoms with Crippen LogP contribution in [-0.4, -0.2) is 5.91 Å². The fraction of sp³-hybridized carbons (Fsp3) is 0.267. The molecule has 0 aliphatic heterocycles. The van der Waals surface area contributed by atoms with Crippen LogP contribution in [0.15, 0.2) is 30.3 Å². The third kappa shape index (κ3) is 3.60. The van der Waals surface area contributed by atoms with Crippen LogP contribution in [0, 0.1) is 6.92 Å². The third-order valence-corrected chi connectivity index (χ3v) is 4.66. The molecule has 0 fully saturated rings. The van der Waals surface area contributed by atoms with Crippen molar-refractivity contribution < 1.29 is 4.79 Å². The number of nitrogens with one attached hydrogen (secondary N) is 1. The lowest BCUT2D eigenvalue weighted by Gasteiger charge is -2.14. The van der Waals surface area contributed by atoms with Gasteiger partial charge in [0.25, 0.3) is 0 Å². The van der Waals surface area contributed by atoms with Crippen molar-refractivity contribution in [2.75, 3.05) is 0 Å². The van der Waals surface area contributed by atoms with Crippen molar-refractivity contribution in [1.29, 1.82) is 0 Å². The topological polar surface area (TPSA) is 55.1 Å². The summed E-state index contributed by atoms with van der Waals surface area (Å²) in [4.78, 5) is 12.3. The van der Waals surface area contributed by atoms with Gasteiger partial charge in [0.1, 0.15) is 0 Å². The summed E-state index contributed by atoms with van der Waals surface area (Å²) < 4.78 is 0.802. The van der Waals surface area contributed by atoms with Gasteiger partial charge in [-0.25, -0.2) is 0 Å². The van der Waals surface area contributed by atoms with E-state index in [1.54, 1.807) is 17.4 Å². The molecule has 0 radical (unpaired) electrons. The number of aryl methyl sites for hydroxylation is 1. The Morgan fingerprint density at radius 3 is 2.70 bits per heavy atom. The quantitative estimate of drug-likeness (QED) is 0.885. The molecule has 0 saturated carbocycles. The van der Waals surface area contributed by atoms with E-state index in [0.717, 1.165) is 22.0 Å². The van der Waals surface area contributed by atoms with E-state index in [-0.39, 0.29) is 6.04 Å². The number of carbonyl (C=O) groups excluding carboxylic acids is 1. The van der Waals surface area contributed by atoms with Crippen LogP contribution in [0.2, 0.25) is 4.34 Å². The highest BCUT2D eigenvalue weighted by Gasteiger charge is 2.09. The summed E-state index contributed by atoms with van der Waals surface area (Å²) in [5, 5.41) is 3.45. The monoisotopic (exact) mass is 308 g/mol. The summed E-state index contributed by atoms with van der Waals surface area (Å²) in [6.07, 6.45) is 0. The van der Waals surface area contributed by atoms with Gasteiger partial charge < -0.3 is 11.1 Å². The second-order valence-corrected chi connectivity index (χ2v) is 6.50. The molecule has 1 unspecified atom stereocenters. The van der Waals surface area contributed by atoms with E-state index >= 15 is 0 Å². The minimum Gasteiger partial charge on any atom is -0.366 e. The Hall–Kier alpha value is -1.36. The number of carbonyl (C=O) groups is 1. The Labute approximate surface area is 127 Å². The molecule has 1 heterocycles. The number of hydrogen-bond acceptors (Lipinski definition) is 3. The maximum Gasteiger partial charge on any atom is 0.248 e. The van der Waals surface area contributed by atoms with Crippen molar-refractivity contribution >= 4 is 28.8 Å². The second kappa shape index (κ2) is 6.39. The van der Waals surface area contributed by atoms with Crippen molar-refractivity contribution in [2.24, 2.45) is 5.73 Å². The van der Waals surface area contributed by atoms with Gasteiger partial charge in [-0.05, 0) is 49.2 Å². The van der Waals surface area contributed by atoms with Gasteiger partial charge >= 0.3 is 0 Å². The molecule has 0 saturated heterocycles. The highest BCUT2D eigenvalue weighted by molar-refractivity contribution is 7.16. The number of rotatable bonds is 5. The Morgan fingerprint density at radius 1 is 1.40 bits per heavy atom. The fourth-order valence-electron chi connectivity index (χ4n) is 1.97. The lowest BCUT2D eigenvalue weighted by molar-refractivity contribution is 0.1000. The second-order valence-electron chi connectivity index (χ2n) is 4.75. The van der Waals surface area contributed by atoms with Crippen LogP contribution >= 0.6 is 22.9 Å². The highest BCUT2D eigenvalue weighted by Crippen LogP contribution is 2.26. The van der Waals surface area contributed by atoms with Crippen LogP contribution in [0.1, 0.15) is 39.3 Å². The van der Waals surface area contributed by atoms with Gasteiger partial charge in [0.2, 0.25) is 5.91 Å². The fourth-order valence-corrected chi connectivity index (χ4v) is 3.06. The smallest absolute Gasteiger partial charge is 0.248 e. The lowest BCUT2D eigenvalue weighted by atomic mass is 10.0. The molecule has 1 aromatic carbocycles. The zero-order chi connectivity index (χ0) is 14.7.